The fourth-order valence-corrected chi connectivity index (χ4v) is 3.67. The zero-order valence-electron chi connectivity index (χ0n) is 10.4. The van der Waals surface area contributed by atoms with Crippen LogP contribution in [0, 0.1) is 11.3 Å². The molecule has 15 heavy (non-hydrogen) atoms. The first-order chi connectivity index (χ1) is 6.96. The molecule has 0 amide bonds. The van der Waals surface area contributed by atoms with Crippen molar-refractivity contribution in [3.05, 3.63) is 0 Å². The van der Waals surface area contributed by atoms with Crippen molar-refractivity contribution in [2.75, 3.05) is 13.1 Å². The van der Waals surface area contributed by atoms with E-state index in [9.17, 15) is 5.11 Å². The van der Waals surface area contributed by atoms with Gasteiger partial charge in [0, 0.05) is 19.1 Å². The zero-order valence-corrected chi connectivity index (χ0v) is 10.4. The number of aliphatic hydroxyl groups is 1. The summed E-state index contributed by atoms with van der Waals surface area (Å²) in [6.07, 6.45) is 4.91. The minimum atomic E-state index is -0.0645. The first kappa shape index (κ1) is 11.4. The van der Waals surface area contributed by atoms with Crippen LogP contribution in [0.2, 0.25) is 0 Å². The normalized spacial score (nSPS) is 42.0. The monoisotopic (exact) mass is 211 g/mol. The van der Waals surface area contributed by atoms with Gasteiger partial charge in [-0.25, -0.2) is 0 Å². The molecule has 1 saturated carbocycles. The number of aliphatic hydroxyl groups excluding tert-OH is 1. The number of nitrogens with zero attached hydrogens (tertiary/aromatic N) is 1. The fourth-order valence-electron chi connectivity index (χ4n) is 3.67. The van der Waals surface area contributed by atoms with Crippen molar-refractivity contribution in [2.24, 2.45) is 11.3 Å². The van der Waals surface area contributed by atoms with Crippen LogP contribution in [0.3, 0.4) is 0 Å². The number of hydrogen-bond acceptors (Lipinski definition) is 2. The average molecular weight is 211 g/mol. The van der Waals surface area contributed by atoms with Crippen molar-refractivity contribution in [3.63, 3.8) is 0 Å². The highest BCUT2D eigenvalue weighted by molar-refractivity contribution is 4.90. The predicted octanol–water partition coefficient (Wildman–Crippen LogP) is 2.27. The van der Waals surface area contributed by atoms with Gasteiger partial charge in [-0.05, 0) is 37.0 Å². The van der Waals surface area contributed by atoms with Crippen molar-refractivity contribution in [2.45, 2.75) is 58.6 Å². The molecule has 88 valence electrons. The summed E-state index contributed by atoms with van der Waals surface area (Å²) in [4.78, 5) is 2.52. The van der Waals surface area contributed by atoms with Crippen LogP contribution in [0.4, 0.5) is 0 Å². The molecule has 0 aromatic heterocycles. The number of rotatable bonds is 1. The summed E-state index contributed by atoms with van der Waals surface area (Å²) in [6, 6.07) is 0.723. The Morgan fingerprint density at radius 3 is 2.53 bits per heavy atom. The van der Waals surface area contributed by atoms with E-state index in [1.165, 1.54) is 19.3 Å². The van der Waals surface area contributed by atoms with Crippen LogP contribution in [0.5, 0.6) is 0 Å². The van der Waals surface area contributed by atoms with E-state index in [-0.39, 0.29) is 6.10 Å². The molecule has 2 rings (SSSR count). The van der Waals surface area contributed by atoms with Gasteiger partial charge in [-0.15, -0.1) is 0 Å². The highest BCUT2D eigenvalue weighted by Gasteiger charge is 2.36. The lowest BCUT2D eigenvalue weighted by atomic mass is 9.70. The van der Waals surface area contributed by atoms with Crippen molar-refractivity contribution in [1.29, 1.82) is 0 Å². The molecular weight excluding hydrogens is 186 g/mol. The van der Waals surface area contributed by atoms with E-state index in [2.05, 4.69) is 25.7 Å². The second kappa shape index (κ2) is 4.06. The van der Waals surface area contributed by atoms with Crippen LogP contribution in [0.15, 0.2) is 0 Å². The van der Waals surface area contributed by atoms with Gasteiger partial charge >= 0.3 is 0 Å². The molecule has 1 aliphatic carbocycles. The lowest BCUT2D eigenvalue weighted by Crippen LogP contribution is -2.42. The highest BCUT2D eigenvalue weighted by Crippen LogP contribution is 2.41. The van der Waals surface area contributed by atoms with E-state index < -0.39 is 0 Å². The largest absolute Gasteiger partial charge is 0.392 e. The van der Waals surface area contributed by atoms with E-state index in [0.717, 1.165) is 31.5 Å². The molecule has 0 spiro atoms. The summed E-state index contributed by atoms with van der Waals surface area (Å²) >= 11 is 0. The molecule has 3 atom stereocenters. The molecule has 0 aromatic carbocycles. The molecule has 2 heteroatoms. The van der Waals surface area contributed by atoms with Crippen molar-refractivity contribution < 1.29 is 5.11 Å². The Morgan fingerprint density at radius 1 is 1.27 bits per heavy atom. The molecule has 2 fully saturated rings. The Bertz CT molecular complexity index is 227. The minimum Gasteiger partial charge on any atom is -0.392 e. The number of β-amino-alcohol motifs (C(OH)–C–C–N with tert-alkyl or cyclic N) is 1. The maximum Gasteiger partial charge on any atom is 0.0679 e. The quantitative estimate of drug-likeness (QED) is 0.719. The Balaban J connectivity index is 1.97. The van der Waals surface area contributed by atoms with Gasteiger partial charge in [-0.1, -0.05) is 20.8 Å². The Morgan fingerprint density at radius 2 is 2.00 bits per heavy atom. The smallest absolute Gasteiger partial charge is 0.0679 e. The van der Waals surface area contributed by atoms with E-state index >= 15 is 0 Å². The lowest BCUT2D eigenvalue weighted by Gasteiger charge is -2.42. The third kappa shape index (κ3) is 2.73. The predicted molar refractivity (Wildman–Crippen MR) is 62.8 cm³/mol. The van der Waals surface area contributed by atoms with Crippen LogP contribution in [-0.4, -0.2) is 35.2 Å². The van der Waals surface area contributed by atoms with E-state index in [4.69, 9.17) is 0 Å². The van der Waals surface area contributed by atoms with Gasteiger partial charge in [0.2, 0.25) is 0 Å². The Labute approximate surface area is 93.7 Å². The highest BCUT2D eigenvalue weighted by atomic mass is 16.3. The van der Waals surface area contributed by atoms with Crippen molar-refractivity contribution in [1.82, 2.24) is 4.90 Å². The second-order valence-corrected chi connectivity index (χ2v) is 6.50. The van der Waals surface area contributed by atoms with Gasteiger partial charge in [0.05, 0.1) is 6.10 Å². The van der Waals surface area contributed by atoms with Gasteiger partial charge in [0.1, 0.15) is 0 Å². The molecule has 0 bridgehead atoms. The third-order valence-corrected chi connectivity index (χ3v) is 4.07. The van der Waals surface area contributed by atoms with E-state index in [0.29, 0.717) is 5.41 Å². The summed E-state index contributed by atoms with van der Waals surface area (Å²) in [5.41, 5.74) is 0.496. The topological polar surface area (TPSA) is 23.5 Å². The summed E-state index contributed by atoms with van der Waals surface area (Å²) in [5, 5.41) is 9.58. The fraction of sp³-hybridized carbons (Fsp3) is 1.00. The van der Waals surface area contributed by atoms with Gasteiger partial charge in [-0.3, -0.25) is 4.90 Å². The molecule has 1 saturated heterocycles. The van der Waals surface area contributed by atoms with Crippen LogP contribution in [-0.2, 0) is 0 Å². The number of likely N-dealkylation sites (tertiary alicyclic amines) is 1. The van der Waals surface area contributed by atoms with E-state index in [1.54, 1.807) is 0 Å². The maximum atomic E-state index is 9.58. The van der Waals surface area contributed by atoms with Gasteiger partial charge < -0.3 is 5.11 Å². The molecule has 1 heterocycles. The van der Waals surface area contributed by atoms with E-state index in [1.807, 2.05) is 0 Å². The molecule has 2 aliphatic rings. The zero-order chi connectivity index (χ0) is 11.1. The van der Waals surface area contributed by atoms with Crippen molar-refractivity contribution >= 4 is 0 Å². The molecule has 0 aromatic rings. The molecule has 0 unspecified atom stereocenters. The first-order valence-corrected chi connectivity index (χ1v) is 6.38. The molecule has 0 radical (unpaired) electrons. The first-order valence-electron chi connectivity index (χ1n) is 6.38. The molecule has 1 N–H and O–H groups in total. The van der Waals surface area contributed by atoms with Crippen LogP contribution < -0.4 is 0 Å². The Hall–Kier alpha value is -0.0800. The van der Waals surface area contributed by atoms with Gasteiger partial charge in [0.15, 0.2) is 0 Å². The summed E-state index contributed by atoms with van der Waals surface area (Å²) in [5.74, 6) is 0.844. The molecule has 2 nitrogen and oxygen atoms in total. The minimum absolute atomic E-state index is 0.0645. The summed E-state index contributed by atoms with van der Waals surface area (Å²) < 4.78 is 0. The molecular formula is C13H25NO. The second-order valence-electron chi connectivity index (χ2n) is 6.50. The standard InChI is InChI=1S/C13H25NO/c1-10-6-11(8-13(2,3)7-10)14-5-4-12(15)9-14/h10-12,15H,4-9H2,1-3H3/t10-,11-,12+/m1/s1. The number of hydrogen-bond donors (Lipinski definition) is 1. The van der Waals surface area contributed by atoms with Crippen LogP contribution in [0.25, 0.3) is 0 Å². The van der Waals surface area contributed by atoms with Crippen molar-refractivity contribution in [3.8, 4) is 0 Å². The van der Waals surface area contributed by atoms with Crippen LogP contribution in [0.1, 0.15) is 46.5 Å². The van der Waals surface area contributed by atoms with Gasteiger partial charge in [-0.2, -0.15) is 0 Å². The lowest BCUT2D eigenvalue weighted by molar-refractivity contribution is 0.0713. The summed E-state index contributed by atoms with van der Waals surface area (Å²) in [6.45, 7) is 9.17. The Kier molecular flexibility index (Phi) is 3.09. The third-order valence-electron chi connectivity index (χ3n) is 4.07. The van der Waals surface area contributed by atoms with Gasteiger partial charge in [0.25, 0.3) is 0 Å². The average Bonchev–Trinajstić information content (AvgIpc) is 2.48. The summed E-state index contributed by atoms with van der Waals surface area (Å²) in [7, 11) is 0. The maximum absolute atomic E-state index is 9.58. The van der Waals surface area contributed by atoms with Crippen LogP contribution >= 0.6 is 0 Å². The molecule has 1 aliphatic heterocycles. The SMILES string of the molecule is C[C@@H]1C[C@@H](N2CC[C@H](O)C2)CC(C)(C)C1.